The first-order valence-electron chi connectivity index (χ1n) is 8.76. The number of nitrogens with one attached hydrogen (secondary N) is 2. The van der Waals surface area contributed by atoms with Crippen molar-refractivity contribution in [2.45, 2.75) is 26.4 Å². The molecule has 0 spiro atoms. The summed E-state index contributed by atoms with van der Waals surface area (Å²) >= 11 is 0. The number of methoxy groups -OCH3 is 1. The van der Waals surface area contributed by atoms with Crippen LogP contribution in [0, 0.1) is 0 Å². The lowest BCUT2D eigenvalue weighted by atomic mass is 10.2. The highest BCUT2D eigenvalue weighted by Crippen LogP contribution is 2.17. The first kappa shape index (κ1) is 23.9. The molecule has 2 N–H and O–H groups in total. The van der Waals surface area contributed by atoms with Crippen LogP contribution in [0.25, 0.3) is 0 Å². The van der Waals surface area contributed by atoms with Crippen molar-refractivity contribution in [2.75, 3.05) is 20.3 Å². The molecule has 2 aromatic rings. The smallest absolute Gasteiger partial charge is 0.272 e. The Morgan fingerprint density at radius 3 is 2.61 bits per heavy atom. The summed E-state index contributed by atoms with van der Waals surface area (Å²) in [6, 6.07) is 14.8. The van der Waals surface area contributed by atoms with Gasteiger partial charge in [-0.2, -0.15) is 0 Å². The highest BCUT2D eigenvalue weighted by Gasteiger charge is 2.05. The van der Waals surface area contributed by atoms with Gasteiger partial charge in [0.05, 0.1) is 13.7 Å². The average Bonchev–Trinajstić information content (AvgIpc) is 2.69. The maximum atomic E-state index is 12.3. The standard InChI is InChI=1S/C20H25F2N3O2.HI/c1-3-23-20(25-13-16-8-4-5-10-18(16)26-2)24-12-15-7-6-9-17(11-15)27-14-19(21)22;/h4-11,19H,3,12-14H2,1-2H3,(H2,23,24,25);1H. The van der Waals surface area contributed by atoms with E-state index in [1.165, 1.54) is 0 Å². The average molecular weight is 505 g/mol. The minimum atomic E-state index is -2.49. The van der Waals surface area contributed by atoms with E-state index in [-0.39, 0.29) is 24.0 Å². The lowest BCUT2D eigenvalue weighted by Gasteiger charge is -2.13. The largest absolute Gasteiger partial charge is 0.496 e. The summed E-state index contributed by atoms with van der Waals surface area (Å²) in [6.07, 6.45) is -2.49. The number of aliphatic imine (C=N–C) groups is 1. The topological polar surface area (TPSA) is 54.9 Å². The molecule has 0 aliphatic rings. The second-order valence-corrected chi connectivity index (χ2v) is 5.71. The minimum Gasteiger partial charge on any atom is -0.496 e. The van der Waals surface area contributed by atoms with Crippen LogP contribution in [0.1, 0.15) is 18.1 Å². The van der Waals surface area contributed by atoms with E-state index in [0.717, 1.165) is 23.4 Å². The molecule has 0 fully saturated rings. The van der Waals surface area contributed by atoms with Crippen molar-refractivity contribution >= 4 is 29.9 Å². The summed E-state index contributed by atoms with van der Waals surface area (Å²) in [5.74, 6) is 1.88. The second-order valence-electron chi connectivity index (χ2n) is 5.71. The van der Waals surface area contributed by atoms with E-state index in [1.807, 2.05) is 37.3 Å². The van der Waals surface area contributed by atoms with E-state index in [0.29, 0.717) is 24.8 Å². The zero-order valence-corrected chi connectivity index (χ0v) is 18.3. The van der Waals surface area contributed by atoms with Gasteiger partial charge in [0.15, 0.2) is 5.96 Å². The molecule has 0 saturated carbocycles. The molecule has 0 bridgehead atoms. The first-order valence-corrected chi connectivity index (χ1v) is 8.76. The third-order valence-corrected chi connectivity index (χ3v) is 3.68. The number of hydrogen-bond donors (Lipinski definition) is 2. The Balaban J connectivity index is 0.00000392. The third kappa shape index (κ3) is 8.28. The Morgan fingerprint density at radius 2 is 1.89 bits per heavy atom. The maximum absolute atomic E-state index is 12.3. The number of halogens is 3. The minimum absolute atomic E-state index is 0. The Morgan fingerprint density at radius 1 is 1.11 bits per heavy atom. The van der Waals surface area contributed by atoms with Crippen LogP contribution in [0.3, 0.4) is 0 Å². The zero-order valence-electron chi connectivity index (χ0n) is 16.0. The molecule has 0 amide bonds. The van der Waals surface area contributed by atoms with Crippen molar-refractivity contribution < 1.29 is 18.3 Å². The van der Waals surface area contributed by atoms with Gasteiger partial charge in [-0.05, 0) is 30.7 Å². The first-order chi connectivity index (χ1) is 13.1. The van der Waals surface area contributed by atoms with Crippen molar-refractivity contribution in [3.05, 3.63) is 59.7 Å². The monoisotopic (exact) mass is 505 g/mol. The number of para-hydroxylation sites is 1. The van der Waals surface area contributed by atoms with E-state index < -0.39 is 13.0 Å². The van der Waals surface area contributed by atoms with E-state index >= 15 is 0 Å². The third-order valence-electron chi connectivity index (χ3n) is 3.68. The number of alkyl halides is 2. The van der Waals surface area contributed by atoms with Gasteiger partial charge in [-0.3, -0.25) is 0 Å². The Hall–Kier alpha value is -2.10. The van der Waals surface area contributed by atoms with Crippen LogP contribution in [0.4, 0.5) is 8.78 Å². The molecule has 0 radical (unpaired) electrons. The zero-order chi connectivity index (χ0) is 19.5. The molecule has 0 aliphatic carbocycles. The van der Waals surface area contributed by atoms with Crippen LogP contribution >= 0.6 is 24.0 Å². The maximum Gasteiger partial charge on any atom is 0.272 e. The highest BCUT2D eigenvalue weighted by atomic mass is 127. The molecule has 2 aromatic carbocycles. The van der Waals surface area contributed by atoms with Gasteiger partial charge in [-0.15, -0.1) is 24.0 Å². The molecule has 5 nitrogen and oxygen atoms in total. The van der Waals surface area contributed by atoms with Crippen molar-refractivity contribution in [3.8, 4) is 11.5 Å². The van der Waals surface area contributed by atoms with E-state index in [2.05, 4.69) is 15.6 Å². The lowest BCUT2D eigenvalue weighted by molar-refractivity contribution is 0.0818. The fraction of sp³-hybridized carbons (Fsp3) is 0.350. The molecule has 28 heavy (non-hydrogen) atoms. The van der Waals surface area contributed by atoms with Gasteiger partial charge in [0.2, 0.25) is 0 Å². The van der Waals surface area contributed by atoms with E-state index in [9.17, 15) is 8.78 Å². The molecule has 0 heterocycles. The van der Waals surface area contributed by atoms with Crippen LogP contribution in [0.2, 0.25) is 0 Å². The number of hydrogen-bond acceptors (Lipinski definition) is 3. The van der Waals surface area contributed by atoms with E-state index in [4.69, 9.17) is 9.47 Å². The second kappa shape index (κ2) is 13.1. The number of benzene rings is 2. The highest BCUT2D eigenvalue weighted by molar-refractivity contribution is 14.0. The Bertz CT molecular complexity index is 745. The van der Waals surface area contributed by atoms with Crippen molar-refractivity contribution in [3.63, 3.8) is 0 Å². The predicted molar refractivity (Wildman–Crippen MR) is 118 cm³/mol. The molecule has 0 aliphatic heterocycles. The van der Waals surface area contributed by atoms with Crippen LogP contribution in [0.15, 0.2) is 53.5 Å². The van der Waals surface area contributed by atoms with Crippen LogP contribution in [-0.4, -0.2) is 32.6 Å². The van der Waals surface area contributed by atoms with Crippen molar-refractivity contribution in [1.82, 2.24) is 10.6 Å². The summed E-state index contributed by atoms with van der Waals surface area (Å²) < 4.78 is 34.9. The van der Waals surface area contributed by atoms with Crippen LogP contribution < -0.4 is 20.1 Å². The summed E-state index contributed by atoms with van der Waals surface area (Å²) in [5, 5.41) is 6.45. The number of nitrogens with zero attached hydrogens (tertiary/aromatic N) is 1. The number of rotatable bonds is 9. The molecule has 0 unspecified atom stereocenters. The summed E-state index contributed by atoms with van der Waals surface area (Å²) in [5.41, 5.74) is 1.89. The molecular weight excluding hydrogens is 479 g/mol. The molecular formula is C20H26F2IN3O2. The fourth-order valence-corrected chi connectivity index (χ4v) is 2.43. The molecule has 0 aromatic heterocycles. The van der Waals surface area contributed by atoms with E-state index in [1.54, 1.807) is 25.3 Å². The van der Waals surface area contributed by atoms with Gasteiger partial charge in [-0.1, -0.05) is 30.3 Å². The van der Waals surface area contributed by atoms with Gasteiger partial charge in [0, 0.05) is 18.7 Å². The van der Waals surface area contributed by atoms with Crippen LogP contribution in [-0.2, 0) is 13.1 Å². The number of ether oxygens (including phenoxy) is 2. The summed E-state index contributed by atoms with van der Waals surface area (Å²) in [4.78, 5) is 4.54. The normalized spacial score (nSPS) is 11.0. The fourth-order valence-electron chi connectivity index (χ4n) is 2.43. The van der Waals surface area contributed by atoms with Crippen molar-refractivity contribution in [2.24, 2.45) is 4.99 Å². The Labute approximate surface area is 181 Å². The van der Waals surface area contributed by atoms with Gasteiger partial charge in [0.1, 0.15) is 18.1 Å². The molecule has 154 valence electrons. The molecule has 0 atom stereocenters. The predicted octanol–water partition coefficient (Wildman–Crippen LogP) is 4.21. The summed E-state index contributed by atoms with van der Waals surface area (Å²) in [6.45, 7) is 3.05. The van der Waals surface area contributed by atoms with Gasteiger partial charge >= 0.3 is 0 Å². The SMILES string of the molecule is CCNC(=NCc1cccc(OCC(F)F)c1)NCc1ccccc1OC.I. The number of guanidine groups is 1. The van der Waals surface area contributed by atoms with Gasteiger partial charge in [0.25, 0.3) is 6.43 Å². The molecule has 8 heteroatoms. The molecule has 0 saturated heterocycles. The molecule has 2 rings (SSSR count). The quantitative estimate of drug-likeness (QED) is 0.305. The Kier molecular flexibility index (Phi) is 11.2. The summed E-state index contributed by atoms with van der Waals surface area (Å²) in [7, 11) is 1.64. The van der Waals surface area contributed by atoms with Gasteiger partial charge in [-0.25, -0.2) is 13.8 Å². The van der Waals surface area contributed by atoms with Crippen molar-refractivity contribution in [1.29, 1.82) is 0 Å². The lowest BCUT2D eigenvalue weighted by Crippen LogP contribution is -2.36. The van der Waals surface area contributed by atoms with Gasteiger partial charge < -0.3 is 20.1 Å². The van der Waals surface area contributed by atoms with Crippen LogP contribution in [0.5, 0.6) is 11.5 Å².